The highest BCUT2D eigenvalue weighted by Crippen LogP contribution is 2.20. The quantitative estimate of drug-likeness (QED) is 0.210. The van der Waals surface area contributed by atoms with E-state index in [9.17, 15) is 14.4 Å². The van der Waals surface area contributed by atoms with E-state index >= 15 is 0 Å². The lowest BCUT2D eigenvalue weighted by Gasteiger charge is -2.13. The van der Waals surface area contributed by atoms with Gasteiger partial charge < -0.3 is 19.3 Å². The van der Waals surface area contributed by atoms with E-state index in [2.05, 4.69) is 15.5 Å². The Balaban J connectivity index is 1.81. The molecule has 0 aliphatic rings. The molecule has 0 radical (unpaired) electrons. The van der Waals surface area contributed by atoms with Gasteiger partial charge in [0.2, 0.25) is 5.91 Å². The standard InChI is InChI=1S/C21H24N4O6S/c1-13-11-17(24-31-13)23-18(26)7-10-32-21-22-16-12-14(20(28)30-3)5-6-15(16)19(27)25(21)8-4-9-29-2/h5-6,11-12H,4,7-10H2,1-3H3,(H,23,24,26). The number of esters is 1. The van der Waals surface area contributed by atoms with E-state index in [1.807, 2.05) is 0 Å². The van der Waals surface area contributed by atoms with Crippen LogP contribution in [0.5, 0.6) is 0 Å². The van der Waals surface area contributed by atoms with E-state index in [1.54, 1.807) is 36.8 Å². The van der Waals surface area contributed by atoms with Crippen molar-refractivity contribution in [2.24, 2.45) is 0 Å². The third-order valence-electron chi connectivity index (χ3n) is 4.53. The molecule has 0 bridgehead atoms. The van der Waals surface area contributed by atoms with Crippen LogP contribution in [0.15, 0.2) is 38.7 Å². The fourth-order valence-electron chi connectivity index (χ4n) is 2.99. The van der Waals surface area contributed by atoms with E-state index in [-0.39, 0.29) is 17.9 Å². The average molecular weight is 461 g/mol. The maximum absolute atomic E-state index is 13.1. The molecule has 0 aliphatic carbocycles. The second-order valence-corrected chi connectivity index (χ2v) is 7.95. The van der Waals surface area contributed by atoms with Crippen LogP contribution in [-0.2, 0) is 20.8 Å². The van der Waals surface area contributed by atoms with Crippen LogP contribution in [-0.4, -0.2) is 53.2 Å². The van der Waals surface area contributed by atoms with Crippen LogP contribution in [0.25, 0.3) is 10.9 Å². The van der Waals surface area contributed by atoms with E-state index in [4.69, 9.17) is 14.0 Å². The Bertz CT molecular complexity index is 1170. The summed E-state index contributed by atoms with van der Waals surface area (Å²) in [6.07, 6.45) is 0.814. The molecule has 2 heterocycles. The van der Waals surface area contributed by atoms with Crippen LogP contribution in [0.4, 0.5) is 5.82 Å². The molecule has 0 aliphatic heterocycles. The number of benzene rings is 1. The van der Waals surface area contributed by atoms with Gasteiger partial charge in [-0.25, -0.2) is 9.78 Å². The first-order valence-electron chi connectivity index (χ1n) is 9.90. The van der Waals surface area contributed by atoms with Crippen LogP contribution >= 0.6 is 11.8 Å². The Morgan fingerprint density at radius 3 is 2.75 bits per heavy atom. The molecule has 1 N–H and O–H groups in total. The first-order chi connectivity index (χ1) is 15.4. The monoisotopic (exact) mass is 460 g/mol. The maximum Gasteiger partial charge on any atom is 0.337 e. The zero-order chi connectivity index (χ0) is 23.1. The fraction of sp³-hybridized carbons (Fsp3) is 0.381. The van der Waals surface area contributed by atoms with Gasteiger partial charge in [0.15, 0.2) is 11.0 Å². The van der Waals surface area contributed by atoms with Crippen molar-refractivity contribution in [3.8, 4) is 0 Å². The first kappa shape index (κ1) is 23.5. The molecule has 0 saturated heterocycles. The van der Waals surface area contributed by atoms with Gasteiger partial charge in [-0.2, -0.15) is 0 Å². The lowest BCUT2D eigenvalue weighted by molar-refractivity contribution is -0.115. The number of hydrogen-bond acceptors (Lipinski definition) is 9. The largest absolute Gasteiger partial charge is 0.465 e. The van der Waals surface area contributed by atoms with Crippen molar-refractivity contribution in [1.29, 1.82) is 0 Å². The summed E-state index contributed by atoms with van der Waals surface area (Å²) in [6, 6.07) is 6.28. The molecule has 0 saturated carbocycles. The predicted octanol–water partition coefficient (Wildman–Crippen LogP) is 2.64. The number of aryl methyl sites for hydroxylation is 1. The van der Waals surface area contributed by atoms with Crippen molar-refractivity contribution in [2.45, 2.75) is 31.5 Å². The molecular weight excluding hydrogens is 436 g/mol. The number of carbonyl (C=O) groups is 2. The van der Waals surface area contributed by atoms with Crippen molar-refractivity contribution in [1.82, 2.24) is 14.7 Å². The first-order valence-corrected chi connectivity index (χ1v) is 10.9. The van der Waals surface area contributed by atoms with Crippen molar-refractivity contribution in [2.75, 3.05) is 31.9 Å². The number of nitrogens with zero attached hydrogens (tertiary/aromatic N) is 3. The van der Waals surface area contributed by atoms with Gasteiger partial charge in [-0.3, -0.25) is 14.2 Å². The summed E-state index contributed by atoms with van der Waals surface area (Å²) in [5, 5.41) is 7.26. The number of rotatable bonds is 10. The lowest BCUT2D eigenvalue weighted by atomic mass is 10.1. The number of anilines is 1. The third kappa shape index (κ3) is 5.74. The van der Waals surface area contributed by atoms with Crippen molar-refractivity contribution >= 4 is 40.4 Å². The Labute approximate surface area is 188 Å². The summed E-state index contributed by atoms with van der Waals surface area (Å²) < 4.78 is 16.3. The number of carbonyl (C=O) groups excluding carboxylic acids is 2. The second-order valence-electron chi connectivity index (χ2n) is 6.89. The molecule has 32 heavy (non-hydrogen) atoms. The van der Waals surface area contributed by atoms with Gasteiger partial charge in [0.05, 0.1) is 23.6 Å². The summed E-state index contributed by atoms with van der Waals surface area (Å²) in [4.78, 5) is 41.7. The van der Waals surface area contributed by atoms with Crippen LogP contribution in [0, 0.1) is 6.92 Å². The van der Waals surface area contributed by atoms with Crippen molar-refractivity contribution in [3.05, 3.63) is 45.9 Å². The molecule has 170 valence electrons. The van der Waals surface area contributed by atoms with Crippen molar-refractivity contribution in [3.63, 3.8) is 0 Å². The van der Waals surface area contributed by atoms with Crippen molar-refractivity contribution < 1.29 is 23.6 Å². The summed E-state index contributed by atoms with van der Waals surface area (Å²) in [7, 11) is 2.89. The molecule has 3 rings (SSSR count). The molecule has 1 amide bonds. The zero-order valence-electron chi connectivity index (χ0n) is 18.0. The minimum Gasteiger partial charge on any atom is -0.465 e. The SMILES string of the molecule is COCCCn1c(SCCC(=O)Nc2cc(C)on2)nc2cc(C(=O)OC)ccc2c1=O. The smallest absolute Gasteiger partial charge is 0.337 e. The topological polar surface area (TPSA) is 126 Å². The fourth-order valence-corrected chi connectivity index (χ4v) is 3.95. The Morgan fingerprint density at radius 2 is 2.06 bits per heavy atom. The minimum atomic E-state index is -0.507. The van der Waals surface area contributed by atoms with Crippen LogP contribution in [0.1, 0.15) is 29.0 Å². The van der Waals surface area contributed by atoms with Gasteiger partial charge in [-0.1, -0.05) is 16.9 Å². The average Bonchev–Trinajstić information content (AvgIpc) is 3.19. The molecule has 0 unspecified atom stereocenters. The van der Waals surface area contributed by atoms with Gasteiger partial charge in [-0.05, 0) is 31.5 Å². The molecular formula is C21H24N4O6S. The van der Waals surface area contributed by atoms with E-state index in [0.717, 1.165) is 0 Å². The maximum atomic E-state index is 13.1. The number of amides is 1. The molecule has 3 aromatic rings. The molecule has 1 aromatic carbocycles. The highest BCUT2D eigenvalue weighted by molar-refractivity contribution is 7.99. The van der Waals surface area contributed by atoms with Gasteiger partial charge in [0.25, 0.3) is 5.56 Å². The highest BCUT2D eigenvalue weighted by Gasteiger charge is 2.15. The summed E-state index contributed by atoms with van der Waals surface area (Å²) >= 11 is 1.29. The van der Waals surface area contributed by atoms with Crippen LogP contribution in [0.2, 0.25) is 0 Å². The number of hydrogen-bond donors (Lipinski definition) is 1. The highest BCUT2D eigenvalue weighted by atomic mass is 32.2. The van der Waals surface area contributed by atoms with E-state index < -0.39 is 5.97 Å². The Morgan fingerprint density at radius 1 is 1.25 bits per heavy atom. The zero-order valence-corrected chi connectivity index (χ0v) is 18.9. The normalized spacial score (nSPS) is 11.0. The van der Waals surface area contributed by atoms with Crippen LogP contribution < -0.4 is 10.9 Å². The van der Waals surface area contributed by atoms with Gasteiger partial charge in [0, 0.05) is 38.5 Å². The Hall–Kier alpha value is -3.18. The molecule has 0 atom stereocenters. The van der Waals surface area contributed by atoms with Gasteiger partial charge in [0.1, 0.15) is 5.76 Å². The van der Waals surface area contributed by atoms with Gasteiger partial charge >= 0.3 is 5.97 Å². The number of aromatic nitrogens is 3. The number of ether oxygens (including phenoxy) is 2. The second kappa shape index (κ2) is 10.9. The number of nitrogens with one attached hydrogen (secondary N) is 1. The summed E-state index contributed by atoms with van der Waals surface area (Å²) in [6.45, 7) is 2.65. The lowest BCUT2D eigenvalue weighted by Crippen LogP contribution is -2.24. The predicted molar refractivity (Wildman–Crippen MR) is 119 cm³/mol. The minimum absolute atomic E-state index is 0.185. The van der Waals surface area contributed by atoms with Gasteiger partial charge in [-0.15, -0.1) is 0 Å². The number of fused-ring (bicyclic) bond motifs is 1. The number of methoxy groups -OCH3 is 2. The summed E-state index contributed by atoms with van der Waals surface area (Å²) in [5.74, 6) is 0.607. The molecule has 10 nitrogen and oxygen atoms in total. The summed E-state index contributed by atoms with van der Waals surface area (Å²) in [5.41, 5.74) is 0.487. The number of thioether (sulfide) groups is 1. The molecule has 2 aromatic heterocycles. The van der Waals surface area contributed by atoms with Crippen LogP contribution in [0.3, 0.4) is 0 Å². The molecule has 0 spiro atoms. The van der Waals surface area contributed by atoms with E-state index in [0.29, 0.717) is 58.5 Å². The molecule has 0 fully saturated rings. The molecule has 11 heteroatoms. The third-order valence-corrected chi connectivity index (χ3v) is 5.51. The van der Waals surface area contributed by atoms with E-state index in [1.165, 1.54) is 24.9 Å². The Kier molecular flexibility index (Phi) is 8.01.